The number of amides is 2. The molecule has 0 saturated carbocycles. The number of hydrogen-bond acceptors (Lipinski definition) is 3. The Bertz CT molecular complexity index is 605. The number of carbonyl (C=O) groups is 2. The molecule has 0 radical (unpaired) electrons. The molecular weight excluding hydrogens is 354 g/mol. The van der Waals surface area contributed by atoms with Gasteiger partial charge in [0.1, 0.15) is 11.6 Å². The zero-order chi connectivity index (χ0) is 20.4. The molecule has 1 aromatic rings. The molecule has 0 aliphatic carbocycles. The first kappa shape index (κ1) is 23.0. The normalized spacial score (nSPS) is 14.3. The van der Waals surface area contributed by atoms with Crippen molar-refractivity contribution in [2.24, 2.45) is 0 Å². The van der Waals surface area contributed by atoms with Crippen molar-refractivity contribution in [3.63, 3.8) is 0 Å². The van der Waals surface area contributed by atoms with E-state index >= 15 is 0 Å². The van der Waals surface area contributed by atoms with Gasteiger partial charge in [0, 0.05) is 25.5 Å². The summed E-state index contributed by atoms with van der Waals surface area (Å²) in [6.07, 6.45) is 2.10. The van der Waals surface area contributed by atoms with E-state index in [9.17, 15) is 23.5 Å². The third-order valence-electron chi connectivity index (χ3n) is 4.37. The molecule has 0 aromatic heterocycles. The van der Waals surface area contributed by atoms with Crippen molar-refractivity contribution >= 4 is 11.8 Å². The Hall–Kier alpha value is -2.02. The van der Waals surface area contributed by atoms with Gasteiger partial charge < -0.3 is 15.7 Å². The Kier molecular flexibility index (Phi) is 9.93. The van der Waals surface area contributed by atoms with E-state index in [4.69, 9.17) is 0 Å². The highest BCUT2D eigenvalue weighted by Gasteiger charge is 2.24. The van der Waals surface area contributed by atoms with Crippen LogP contribution >= 0.6 is 0 Å². The molecular formula is C20H30F2N2O3. The Balaban J connectivity index is 2.79. The summed E-state index contributed by atoms with van der Waals surface area (Å²) < 4.78 is 26.8. The van der Waals surface area contributed by atoms with Gasteiger partial charge >= 0.3 is 0 Å². The van der Waals surface area contributed by atoms with Crippen LogP contribution in [0.15, 0.2) is 18.2 Å². The highest BCUT2D eigenvalue weighted by molar-refractivity contribution is 5.76. The average Bonchev–Trinajstić information content (AvgIpc) is 2.57. The highest BCUT2D eigenvalue weighted by atomic mass is 19.1. The van der Waals surface area contributed by atoms with Crippen LogP contribution < -0.4 is 10.6 Å². The number of halogens is 2. The summed E-state index contributed by atoms with van der Waals surface area (Å²) in [6.45, 7) is 5.21. The van der Waals surface area contributed by atoms with E-state index in [1.807, 2.05) is 13.8 Å². The van der Waals surface area contributed by atoms with Gasteiger partial charge in [-0.1, -0.05) is 20.3 Å². The van der Waals surface area contributed by atoms with Gasteiger partial charge in [0.2, 0.25) is 11.8 Å². The van der Waals surface area contributed by atoms with E-state index in [2.05, 4.69) is 10.6 Å². The van der Waals surface area contributed by atoms with Crippen LogP contribution in [-0.2, 0) is 16.0 Å². The predicted octanol–water partition coefficient (Wildman–Crippen LogP) is 2.85. The van der Waals surface area contributed by atoms with Crippen LogP contribution in [0.5, 0.6) is 0 Å². The topological polar surface area (TPSA) is 78.4 Å². The van der Waals surface area contributed by atoms with Gasteiger partial charge in [0.15, 0.2) is 0 Å². The fourth-order valence-corrected chi connectivity index (χ4v) is 2.95. The molecule has 0 saturated heterocycles. The zero-order valence-electron chi connectivity index (χ0n) is 16.2. The second kappa shape index (κ2) is 11.6. The van der Waals surface area contributed by atoms with Crippen LogP contribution in [0.1, 0.15) is 58.4 Å². The minimum atomic E-state index is -0.975. The fraction of sp³-hybridized carbons (Fsp3) is 0.600. The van der Waals surface area contributed by atoms with E-state index < -0.39 is 23.8 Å². The first-order valence-corrected chi connectivity index (χ1v) is 9.44. The van der Waals surface area contributed by atoms with Crippen LogP contribution in [0, 0.1) is 11.6 Å². The van der Waals surface area contributed by atoms with Crippen molar-refractivity contribution in [2.45, 2.75) is 77.5 Å². The van der Waals surface area contributed by atoms with Gasteiger partial charge in [-0.25, -0.2) is 8.78 Å². The first-order valence-electron chi connectivity index (χ1n) is 9.44. The molecule has 2 amide bonds. The maximum Gasteiger partial charge on any atom is 0.220 e. The molecule has 0 fully saturated rings. The number of rotatable bonds is 11. The Morgan fingerprint density at radius 3 is 2.26 bits per heavy atom. The molecule has 3 N–H and O–H groups in total. The van der Waals surface area contributed by atoms with E-state index in [1.54, 1.807) is 0 Å². The molecule has 0 bridgehead atoms. The molecule has 5 nitrogen and oxygen atoms in total. The largest absolute Gasteiger partial charge is 0.391 e. The van der Waals surface area contributed by atoms with Gasteiger partial charge in [-0.2, -0.15) is 0 Å². The molecule has 3 unspecified atom stereocenters. The van der Waals surface area contributed by atoms with E-state index in [0.717, 1.165) is 18.9 Å². The summed E-state index contributed by atoms with van der Waals surface area (Å²) in [5.41, 5.74) is 0.338. The van der Waals surface area contributed by atoms with Crippen molar-refractivity contribution in [2.75, 3.05) is 0 Å². The van der Waals surface area contributed by atoms with E-state index in [0.29, 0.717) is 18.4 Å². The monoisotopic (exact) mass is 384 g/mol. The number of aliphatic hydroxyl groups is 1. The molecule has 1 aromatic carbocycles. The van der Waals surface area contributed by atoms with Gasteiger partial charge in [0.25, 0.3) is 0 Å². The number of unbranched alkanes of at least 4 members (excludes halogenated alkanes) is 1. The SMILES string of the molecule is CCCCC(=O)NC(CC)CC(O)C(Cc1cc(F)cc(F)c1)NC(C)=O. The van der Waals surface area contributed by atoms with Gasteiger partial charge in [-0.15, -0.1) is 0 Å². The van der Waals surface area contributed by atoms with Crippen molar-refractivity contribution < 1.29 is 23.5 Å². The quantitative estimate of drug-likeness (QED) is 0.549. The minimum absolute atomic E-state index is 0.0702. The summed E-state index contributed by atoms with van der Waals surface area (Å²) in [4.78, 5) is 23.4. The number of aliphatic hydroxyl groups excluding tert-OH is 1. The molecule has 0 spiro atoms. The average molecular weight is 384 g/mol. The summed E-state index contributed by atoms with van der Waals surface area (Å²) in [5, 5.41) is 16.1. The standard InChI is InChI=1S/C20H30F2N2O3/c1-4-6-7-20(27)24-17(5-2)12-19(26)18(23-13(3)25)10-14-8-15(21)11-16(22)9-14/h8-9,11,17-19,26H,4-7,10,12H2,1-3H3,(H,23,25)(H,24,27). The van der Waals surface area contributed by atoms with Crippen molar-refractivity contribution in [1.82, 2.24) is 10.6 Å². The van der Waals surface area contributed by atoms with Crippen LogP contribution in [-0.4, -0.2) is 35.1 Å². The summed E-state index contributed by atoms with van der Waals surface area (Å²) in [5.74, 6) is -1.85. The second-order valence-electron chi connectivity index (χ2n) is 6.87. The molecule has 152 valence electrons. The van der Waals surface area contributed by atoms with Gasteiger partial charge in [-0.05, 0) is 43.4 Å². The van der Waals surface area contributed by atoms with Gasteiger partial charge in [0.05, 0.1) is 12.1 Å². The van der Waals surface area contributed by atoms with E-state index in [1.165, 1.54) is 19.1 Å². The fourth-order valence-electron chi connectivity index (χ4n) is 2.95. The maximum atomic E-state index is 13.4. The summed E-state index contributed by atoms with van der Waals surface area (Å²) in [7, 11) is 0. The molecule has 0 heterocycles. The van der Waals surface area contributed by atoms with Crippen molar-refractivity contribution in [3.8, 4) is 0 Å². The predicted molar refractivity (Wildman–Crippen MR) is 100 cm³/mol. The number of hydrogen-bond donors (Lipinski definition) is 3. The van der Waals surface area contributed by atoms with Crippen molar-refractivity contribution in [3.05, 3.63) is 35.4 Å². The van der Waals surface area contributed by atoms with Crippen LogP contribution in [0.3, 0.4) is 0 Å². The number of benzene rings is 1. The summed E-state index contributed by atoms with van der Waals surface area (Å²) >= 11 is 0. The van der Waals surface area contributed by atoms with Gasteiger partial charge in [-0.3, -0.25) is 9.59 Å². The molecule has 3 atom stereocenters. The van der Waals surface area contributed by atoms with Crippen LogP contribution in [0.25, 0.3) is 0 Å². The first-order chi connectivity index (χ1) is 12.7. The zero-order valence-corrected chi connectivity index (χ0v) is 16.2. The lowest BCUT2D eigenvalue weighted by Gasteiger charge is -2.27. The molecule has 7 heteroatoms. The van der Waals surface area contributed by atoms with E-state index in [-0.39, 0.29) is 30.7 Å². The third kappa shape index (κ3) is 8.95. The van der Waals surface area contributed by atoms with Crippen LogP contribution in [0.2, 0.25) is 0 Å². The lowest BCUT2D eigenvalue weighted by atomic mass is 9.95. The molecule has 0 aliphatic heterocycles. The van der Waals surface area contributed by atoms with Crippen LogP contribution in [0.4, 0.5) is 8.78 Å². The molecule has 0 aliphatic rings. The number of carbonyl (C=O) groups excluding carboxylic acids is 2. The highest BCUT2D eigenvalue weighted by Crippen LogP contribution is 2.15. The third-order valence-corrected chi connectivity index (χ3v) is 4.37. The lowest BCUT2D eigenvalue weighted by molar-refractivity contribution is -0.123. The lowest BCUT2D eigenvalue weighted by Crippen LogP contribution is -2.47. The second-order valence-corrected chi connectivity index (χ2v) is 6.87. The Morgan fingerprint density at radius 1 is 1.11 bits per heavy atom. The smallest absolute Gasteiger partial charge is 0.220 e. The Morgan fingerprint density at radius 2 is 1.74 bits per heavy atom. The summed E-state index contributed by atoms with van der Waals surface area (Å²) in [6, 6.07) is 2.16. The Labute approximate surface area is 159 Å². The maximum absolute atomic E-state index is 13.4. The number of nitrogens with one attached hydrogen (secondary N) is 2. The van der Waals surface area contributed by atoms with Crippen molar-refractivity contribution in [1.29, 1.82) is 0 Å². The molecule has 27 heavy (non-hydrogen) atoms. The molecule has 1 rings (SSSR count). The minimum Gasteiger partial charge on any atom is -0.391 e.